The van der Waals surface area contributed by atoms with E-state index in [0.717, 1.165) is 32.4 Å². The molecule has 6 heteroatoms. The van der Waals surface area contributed by atoms with Gasteiger partial charge >= 0.3 is 0 Å². The molecule has 0 aliphatic heterocycles. The molecule has 0 bridgehead atoms. The van der Waals surface area contributed by atoms with Crippen molar-refractivity contribution in [3.63, 3.8) is 0 Å². The Morgan fingerprint density at radius 1 is 1.35 bits per heavy atom. The van der Waals surface area contributed by atoms with E-state index in [1.54, 1.807) is 0 Å². The summed E-state index contributed by atoms with van der Waals surface area (Å²) in [5.41, 5.74) is 2.02. The highest BCUT2D eigenvalue weighted by atomic mass is 79.9. The highest BCUT2D eigenvalue weighted by molar-refractivity contribution is 9.10. The molecule has 0 saturated carbocycles. The van der Waals surface area contributed by atoms with Crippen molar-refractivity contribution in [2.45, 2.75) is 20.3 Å². The second-order valence-electron chi connectivity index (χ2n) is 4.91. The maximum Gasteiger partial charge on any atom is 0.144 e. The molecule has 1 heterocycles. The zero-order chi connectivity index (χ0) is 14.9. The van der Waals surface area contributed by atoms with E-state index >= 15 is 0 Å². The maximum absolute atomic E-state index is 6.02. The van der Waals surface area contributed by atoms with E-state index in [1.165, 1.54) is 0 Å². The van der Waals surface area contributed by atoms with E-state index in [2.05, 4.69) is 55.7 Å². The van der Waals surface area contributed by atoms with Crippen LogP contribution in [0.4, 0.5) is 0 Å². The molecule has 20 heavy (non-hydrogen) atoms. The number of nitrogens with one attached hydrogen (secondary N) is 1. The van der Waals surface area contributed by atoms with E-state index in [-0.39, 0.29) is 0 Å². The minimum Gasteiger partial charge on any atom is -0.342 e. The average molecular weight is 437 g/mol. The van der Waals surface area contributed by atoms with Crippen LogP contribution in [-0.4, -0.2) is 9.97 Å². The monoisotopic (exact) mass is 434 g/mol. The molecular weight excluding hydrogens is 423 g/mol. The lowest BCUT2D eigenvalue weighted by Crippen LogP contribution is -2.02. The first-order valence-electron chi connectivity index (χ1n) is 6.12. The number of aromatic nitrogens is 2. The van der Waals surface area contributed by atoms with Crippen LogP contribution in [0, 0.1) is 10.6 Å². The number of halogens is 3. The van der Waals surface area contributed by atoms with Gasteiger partial charge in [0.1, 0.15) is 10.5 Å². The van der Waals surface area contributed by atoms with Crippen molar-refractivity contribution in [3.05, 3.63) is 42.5 Å². The van der Waals surface area contributed by atoms with Crippen LogP contribution in [0.5, 0.6) is 0 Å². The number of H-pyrrole nitrogens is 1. The highest BCUT2D eigenvalue weighted by Crippen LogP contribution is 2.29. The Morgan fingerprint density at radius 2 is 2.05 bits per heavy atom. The Kier molecular flexibility index (Phi) is 5.40. The first-order chi connectivity index (χ1) is 9.38. The molecule has 0 fully saturated rings. The molecule has 2 rings (SSSR count). The quantitative estimate of drug-likeness (QED) is 0.582. The van der Waals surface area contributed by atoms with Gasteiger partial charge in [-0.05, 0) is 62.4 Å². The van der Waals surface area contributed by atoms with Gasteiger partial charge in [-0.1, -0.05) is 37.7 Å². The molecule has 0 aliphatic rings. The van der Waals surface area contributed by atoms with Gasteiger partial charge in [-0.15, -0.1) is 0 Å². The van der Waals surface area contributed by atoms with E-state index in [9.17, 15) is 0 Å². The molecule has 0 unspecified atom stereocenters. The molecule has 0 atom stereocenters. The lowest BCUT2D eigenvalue weighted by molar-refractivity contribution is 0.632. The van der Waals surface area contributed by atoms with Crippen molar-refractivity contribution >= 4 is 55.7 Å². The summed E-state index contributed by atoms with van der Waals surface area (Å²) in [5.74, 6) is 1.29. The summed E-state index contributed by atoms with van der Waals surface area (Å²) in [6, 6.07) is 5.69. The minimum absolute atomic E-state index is 0.532. The van der Waals surface area contributed by atoms with E-state index in [4.69, 9.17) is 23.8 Å². The lowest BCUT2D eigenvalue weighted by Gasteiger charge is -2.11. The fourth-order valence-electron chi connectivity index (χ4n) is 1.83. The third-order valence-electron chi connectivity index (χ3n) is 2.74. The van der Waals surface area contributed by atoms with Gasteiger partial charge in [0.2, 0.25) is 0 Å². The Morgan fingerprint density at radius 3 is 2.65 bits per heavy atom. The second kappa shape index (κ2) is 6.69. The lowest BCUT2D eigenvalue weighted by atomic mass is 10.1. The van der Waals surface area contributed by atoms with Crippen LogP contribution in [0.25, 0.3) is 11.4 Å². The Labute approximate surface area is 145 Å². The van der Waals surface area contributed by atoms with E-state index in [1.807, 2.05) is 18.2 Å². The van der Waals surface area contributed by atoms with Gasteiger partial charge in [0.25, 0.3) is 0 Å². The van der Waals surface area contributed by atoms with Crippen LogP contribution >= 0.6 is 55.7 Å². The van der Waals surface area contributed by atoms with Crippen LogP contribution in [0.1, 0.15) is 19.5 Å². The first-order valence-corrected chi connectivity index (χ1v) is 8.50. The van der Waals surface area contributed by atoms with Crippen molar-refractivity contribution in [2.75, 3.05) is 0 Å². The molecule has 106 valence electrons. The second-order valence-corrected chi connectivity index (χ2v) is 7.35. The third-order valence-corrected chi connectivity index (χ3v) is 5.37. The number of aromatic amines is 1. The standard InChI is InChI=1S/C14H13Br2ClN2S/c1-7(2)5-11-12(16)14(20)19-13(18-11)8-3-4-10(17)9(15)6-8/h3-4,6-7H,5H2,1-2H3,(H,18,19,20). The van der Waals surface area contributed by atoms with Gasteiger partial charge in [0.15, 0.2) is 0 Å². The Balaban J connectivity index is 2.54. The number of hydrogen-bond acceptors (Lipinski definition) is 2. The van der Waals surface area contributed by atoms with Gasteiger partial charge in [0, 0.05) is 15.7 Å². The zero-order valence-electron chi connectivity index (χ0n) is 11.0. The Bertz CT molecular complexity index is 698. The summed E-state index contributed by atoms with van der Waals surface area (Å²) in [6.45, 7) is 4.34. The van der Waals surface area contributed by atoms with Crippen LogP contribution in [0.2, 0.25) is 5.02 Å². The molecule has 0 spiro atoms. The van der Waals surface area contributed by atoms with E-state index < -0.39 is 0 Å². The molecule has 0 aliphatic carbocycles. The fraction of sp³-hybridized carbons (Fsp3) is 0.286. The number of nitrogens with zero attached hydrogens (tertiary/aromatic N) is 1. The summed E-state index contributed by atoms with van der Waals surface area (Å²) in [5, 5.41) is 0.673. The number of hydrogen-bond donors (Lipinski definition) is 1. The van der Waals surface area contributed by atoms with E-state index in [0.29, 0.717) is 15.6 Å². The van der Waals surface area contributed by atoms with Gasteiger partial charge < -0.3 is 4.98 Å². The summed E-state index contributed by atoms with van der Waals surface area (Å²) >= 11 is 18.3. The molecule has 1 N–H and O–H groups in total. The molecular formula is C14H13Br2ClN2S. The van der Waals surface area contributed by atoms with Crippen LogP contribution in [-0.2, 0) is 6.42 Å². The van der Waals surface area contributed by atoms with Crippen molar-refractivity contribution in [3.8, 4) is 11.4 Å². The topological polar surface area (TPSA) is 28.7 Å². The van der Waals surface area contributed by atoms with Crippen molar-refractivity contribution in [1.82, 2.24) is 9.97 Å². The van der Waals surface area contributed by atoms with Gasteiger partial charge in [0.05, 0.1) is 9.50 Å². The normalized spacial score (nSPS) is 11.1. The summed E-state index contributed by atoms with van der Waals surface area (Å²) < 4.78 is 2.28. The first kappa shape index (κ1) is 16.1. The molecule has 2 nitrogen and oxygen atoms in total. The summed E-state index contributed by atoms with van der Waals surface area (Å²) in [4.78, 5) is 7.79. The average Bonchev–Trinajstić information content (AvgIpc) is 2.37. The van der Waals surface area contributed by atoms with Crippen molar-refractivity contribution in [1.29, 1.82) is 0 Å². The number of rotatable bonds is 3. The van der Waals surface area contributed by atoms with Crippen LogP contribution in [0.3, 0.4) is 0 Å². The van der Waals surface area contributed by atoms with Crippen LogP contribution in [0.15, 0.2) is 27.1 Å². The third kappa shape index (κ3) is 3.70. The molecule has 0 saturated heterocycles. The SMILES string of the molecule is CC(C)Cc1[nH]c(-c2ccc(Cl)c(Br)c2)nc(=S)c1Br. The zero-order valence-corrected chi connectivity index (χ0v) is 15.8. The van der Waals surface area contributed by atoms with Crippen molar-refractivity contribution < 1.29 is 0 Å². The molecule has 1 aromatic heterocycles. The predicted molar refractivity (Wildman–Crippen MR) is 93.8 cm³/mol. The molecule has 0 amide bonds. The van der Waals surface area contributed by atoms with Gasteiger partial charge in [-0.25, -0.2) is 4.98 Å². The smallest absolute Gasteiger partial charge is 0.144 e. The number of benzene rings is 1. The maximum atomic E-state index is 6.02. The summed E-state index contributed by atoms with van der Waals surface area (Å²) in [7, 11) is 0. The molecule has 2 aromatic rings. The van der Waals surface area contributed by atoms with Crippen LogP contribution < -0.4 is 0 Å². The minimum atomic E-state index is 0.532. The largest absolute Gasteiger partial charge is 0.342 e. The Hall–Kier alpha value is -0.230. The van der Waals surface area contributed by atoms with Gasteiger partial charge in [-0.3, -0.25) is 0 Å². The van der Waals surface area contributed by atoms with Crippen molar-refractivity contribution in [2.24, 2.45) is 5.92 Å². The highest BCUT2D eigenvalue weighted by Gasteiger charge is 2.10. The molecule has 1 aromatic carbocycles. The predicted octanol–water partition coefficient (Wildman–Crippen LogP) is 6.18. The fourth-order valence-corrected chi connectivity index (χ4v) is 2.89. The van der Waals surface area contributed by atoms with Gasteiger partial charge in [-0.2, -0.15) is 0 Å². The summed E-state index contributed by atoms with van der Waals surface area (Å²) in [6.07, 6.45) is 0.911. The molecule has 0 radical (unpaired) electrons.